The Hall–Kier alpha value is -2.05. The summed E-state index contributed by atoms with van der Waals surface area (Å²) in [4.78, 5) is 24.1. The average molecular weight is 354 g/mol. The molecule has 1 atom stereocenters. The van der Waals surface area contributed by atoms with E-state index in [-0.39, 0.29) is 28.5 Å². The number of nitrogens with zero attached hydrogens (tertiary/aromatic N) is 2. The molecule has 0 saturated heterocycles. The zero-order chi connectivity index (χ0) is 16.4. The SMILES string of the molecule is O=C(Cn1ncc(Cl)c(Cl)c1=O)NC1CCOc2ccccc21. The summed E-state index contributed by atoms with van der Waals surface area (Å²) in [6.45, 7) is 0.294. The van der Waals surface area contributed by atoms with Crippen LogP contribution in [-0.4, -0.2) is 22.3 Å². The van der Waals surface area contributed by atoms with Gasteiger partial charge in [0.05, 0.1) is 23.9 Å². The van der Waals surface area contributed by atoms with Crippen LogP contribution in [0.3, 0.4) is 0 Å². The molecule has 6 nitrogen and oxygen atoms in total. The lowest BCUT2D eigenvalue weighted by molar-refractivity contribution is -0.122. The molecule has 23 heavy (non-hydrogen) atoms. The quantitative estimate of drug-likeness (QED) is 0.917. The maximum Gasteiger partial charge on any atom is 0.287 e. The molecular weight excluding hydrogens is 341 g/mol. The van der Waals surface area contributed by atoms with Gasteiger partial charge in [-0.3, -0.25) is 9.59 Å². The second kappa shape index (κ2) is 6.60. The molecule has 0 radical (unpaired) electrons. The van der Waals surface area contributed by atoms with Gasteiger partial charge in [-0.25, -0.2) is 4.68 Å². The van der Waals surface area contributed by atoms with Crippen molar-refractivity contribution in [2.24, 2.45) is 0 Å². The van der Waals surface area contributed by atoms with Crippen molar-refractivity contribution in [1.82, 2.24) is 15.1 Å². The Kier molecular flexibility index (Phi) is 4.54. The lowest BCUT2D eigenvalue weighted by atomic mass is 10.0. The van der Waals surface area contributed by atoms with Gasteiger partial charge in [-0.2, -0.15) is 5.10 Å². The summed E-state index contributed by atoms with van der Waals surface area (Å²) in [5, 5.41) is 6.62. The molecule has 1 aromatic heterocycles. The third kappa shape index (κ3) is 3.33. The van der Waals surface area contributed by atoms with E-state index in [0.717, 1.165) is 16.0 Å². The van der Waals surface area contributed by atoms with Crippen LogP contribution in [0.5, 0.6) is 5.75 Å². The molecule has 1 N–H and O–H groups in total. The first kappa shape index (κ1) is 15.8. The molecule has 3 rings (SSSR count). The highest BCUT2D eigenvalue weighted by atomic mass is 35.5. The van der Waals surface area contributed by atoms with Crippen LogP contribution in [0.15, 0.2) is 35.3 Å². The fourth-order valence-corrected chi connectivity index (χ4v) is 2.70. The third-order valence-electron chi connectivity index (χ3n) is 3.53. The van der Waals surface area contributed by atoms with Crippen molar-refractivity contribution in [2.45, 2.75) is 19.0 Å². The highest BCUT2D eigenvalue weighted by Crippen LogP contribution is 2.31. The van der Waals surface area contributed by atoms with Gasteiger partial charge in [0.15, 0.2) is 0 Å². The van der Waals surface area contributed by atoms with Gasteiger partial charge >= 0.3 is 0 Å². The van der Waals surface area contributed by atoms with E-state index in [1.807, 2.05) is 24.3 Å². The van der Waals surface area contributed by atoms with Gasteiger partial charge in [0, 0.05) is 12.0 Å². The lowest BCUT2D eigenvalue weighted by Crippen LogP contribution is -2.37. The van der Waals surface area contributed by atoms with Crippen molar-refractivity contribution in [3.05, 3.63) is 56.4 Å². The standard InChI is InChI=1S/C15H13Cl2N3O3/c16-10-7-18-20(15(22)14(10)17)8-13(21)19-11-5-6-23-12-4-2-1-3-9(11)12/h1-4,7,11H,5-6,8H2,(H,19,21). The minimum absolute atomic E-state index is 0.0617. The van der Waals surface area contributed by atoms with E-state index >= 15 is 0 Å². The third-order valence-corrected chi connectivity index (χ3v) is 4.28. The Morgan fingerprint density at radius 2 is 2.17 bits per heavy atom. The van der Waals surface area contributed by atoms with E-state index in [2.05, 4.69) is 10.4 Å². The first-order valence-corrected chi connectivity index (χ1v) is 7.74. The van der Waals surface area contributed by atoms with E-state index in [4.69, 9.17) is 27.9 Å². The van der Waals surface area contributed by atoms with Crippen molar-refractivity contribution in [1.29, 1.82) is 0 Å². The Balaban J connectivity index is 1.74. The number of hydrogen-bond donors (Lipinski definition) is 1. The van der Waals surface area contributed by atoms with Crippen molar-refractivity contribution in [3.8, 4) is 5.75 Å². The van der Waals surface area contributed by atoms with Crippen LogP contribution >= 0.6 is 23.2 Å². The van der Waals surface area contributed by atoms with Gasteiger partial charge in [-0.1, -0.05) is 41.4 Å². The van der Waals surface area contributed by atoms with E-state index in [1.165, 1.54) is 6.20 Å². The molecule has 0 bridgehead atoms. The summed E-state index contributed by atoms with van der Waals surface area (Å²) in [5.74, 6) is 0.425. The Labute approximate surface area is 142 Å². The van der Waals surface area contributed by atoms with Crippen molar-refractivity contribution < 1.29 is 9.53 Å². The predicted molar refractivity (Wildman–Crippen MR) is 86.0 cm³/mol. The van der Waals surface area contributed by atoms with E-state index in [0.29, 0.717) is 13.0 Å². The van der Waals surface area contributed by atoms with E-state index < -0.39 is 5.56 Å². The second-order valence-electron chi connectivity index (χ2n) is 5.06. The fourth-order valence-electron chi connectivity index (χ4n) is 2.43. The Morgan fingerprint density at radius 1 is 1.39 bits per heavy atom. The molecule has 1 aliphatic rings. The minimum atomic E-state index is -0.596. The number of benzene rings is 1. The normalized spacial score (nSPS) is 16.3. The van der Waals surface area contributed by atoms with Gasteiger partial charge in [0.2, 0.25) is 5.91 Å². The van der Waals surface area contributed by atoms with Gasteiger partial charge in [0.25, 0.3) is 5.56 Å². The first-order valence-electron chi connectivity index (χ1n) is 6.98. The number of carbonyl (C=O) groups excluding carboxylic acids is 1. The summed E-state index contributed by atoms with van der Waals surface area (Å²) < 4.78 is 6.53. The van der Waals surface area contributed by atoms with Crippen LogP contribution in [0.4, 0.5) is 0 Å². The summed E-state index contributed by atoms with van der Waals surface area (Å²) in [6, 6.07) is 7.37. The number of aromatic nitrogens is 2. The number of para-hydroxylation sites is 1. The second-order valence-corrected chi connectivity index (χ2v) is 5.85. The number of amides is 1. The number of carbonyl (C=O) groups is 1. The number of ether oxygens (including phenoxy) is 1. The van der Waals surface area contributed by atoms with Crippen molar-refractivity contribution in [2.75, 3.05) is 6.61 Å². The van der Waals surface area contributed by atoms with Crippen LogP contribution in [0.1, 0.15) is 18.0 Å². The molecule has 0 aliphatic carbocycles. The van der Waals surface area contributed by atoms with Gasteiger partial charge in [-0.15, -0.1) is 0 Å². The van der Waals surface area contributed by atoms with E-state index in [9.17, 15) is 9.59 Å². The van der Waals surface area contributed by atoms with E-state index in [1.54, 1.807) is 0 Å². The maximum atomic E-state index is 12.2. The molecule has 8 heteroatoms. The molecule has 0 saturated carbocycles. The number of fused-ring (bicyclic) bond motifs is 1. The average Bonchev–Trinajstić information content (AvgIpc) is 2.56. The molecule has 2 heterocycles. The largest absolute Gasteiger partial charge is 0.493 e. The fraction of sp³-hybridized carbons (Fsp3) is 0.267. The molecule has 0 spiro atoms. The molecule has 0 fully saturated rings. The summed E-state index contributed by atoms with van der Waals surface area (Å²) in [7, 11) is 0. The topological polar surface area (TPSA) is 73.2 Å². The molecule has 120 valence electrons. The number of nitrogens with one attached hydrogen (secondary N) is 1. The maximum absolute atomic E-state index is 12.2. The number of hydrogen-bond acceptors (Lipinski definition) is 4. The zero-order valence-electron chi connectivity index (χ0n) is 12.0. The monoisotopic (exact) mass is 353 g/mol. The van der Waals surface area contributed by atoms with Gasteiger partial charge < -0.3 is 10.1 Å². The lowest BCUT2D eigenvalue weighted by Gasteiger charge is -2.26. The summed E-state index contributed by atoms with van der Waals surface area (Å²) >= 11 is 11.5. The summed E-state index contributed by atoms with van der Waals surface area (Å²) in [6.07, 6.45) is 1.90. The Morgan fingerprint density at radius 3 is 3.00 bits per heavy atom. The van der Waals surface area contributed by atoms with Crippen LogP contribution in [0, 0.1) is 0 Å². The van der Waals surface area contributed by atoms with Crippen LogP contribution in [-0.2, 0) is 11.3 Å². The molecule has 1 aliphatic heterocycles. The van der Waals surface area contributed by atoms with Crippen LogP contribution < -0.4 is 15.6 Å². The van der Waals surface area contributed by atoms with Crippen LogP contribution in [0.2, 0.25) is 10.0 Å². The highest BCUT2D eigenvalue weighted by Gasteiger charge is 2.23. The number of halogens is 2. The predicted octanol–water partition coefficient (Wildman–Crippen LogP) is 2.19. The van der Waals surface area contributed by atoms with Crippen molar-refractivity contribution in [3.63, 3.8) is 0 Å². The molecule has 2 aromatic rings. The smallest absolute Gasteiger partial charge is 0.287 e. The van der Waals surface area contributed by atoms with Crippen molar-refractivity contribution >= 4 is 29.1 Å². The Bertz CT molecular complexity index is 807. The van der Waals surface area contributed by atoms with Gasteiger partial charge in [-0.05, 0) is 6.07 Å². The number of rotatable bonds is 3. The summed E-state index contributed by atoms with van der Waals surface area (Å²) in [5.41, 5.74) is 0.322. The van der Waals surface area contributed by atoms with Gasteiger partial charge in [0.1, 0.15) is 17.3 Å². The first-order chi connectivity index (χ1) is 11.1. The molecular formula is C15H13Cl2N3O3. The zero-order valence-corrected chi connectivity index (χ0v) is 13.5. The molecule has 1 aromatic carbocycles. The van der Waals surface area contributed by atoms with Crippen LogP contribution in [0.25, 0.3) is 0 Å². The highest BCUT2D eigenvalue weighted by molar-refractivity contribution is 6.41. The molecule has 1 unspecified atom stereocenters. The minimum Gasteiger partial charge on any atom is -0.493 e. The molecule has 1 amide bonds.